The Morgan fingerprint density at radius 3 is 2.75 bits per heavy atom. The summed E-state index contributed by atoms with van der Waals surface area (Å²) in [5, 5.41) is 10.3. The lowest BCUT2D eigenvalue weighted by Crippen LogP contribution is -2.13. The number of pyridine rings is 1. The molecule has 0 bridgehead atoms. The van der Waals surface area contributed by atoms with Crippen LogP contribution < -0.4 is 0 Å². The molecule has 1 N–H and O–H groups in total. The van der Waals surface area contributed by atoms with Crippen molar-refractivity contribution in [3.63, 3.8) is 0 Å². The minimum absolute atomic E-state index is 0.102. The molecule has 3 nitrogen and oxygen atoms in total. The molecule has 0 aliphatic heterocycles. The smallest absolute Gasteiger partial charge is 0.307 e. The second kappa shape index (κ2) is 4.89. The second-order valence-electron chi connectivity index (χ2n) is 5.77. The minimum Gasteiger partial charge on any atom is -0.481 e. The van der Waals surface area contributed by atoms with Crippen molar-refractivity contribution in [3.8, 4) is 0 Å². The first-order valence-corrected chi connectivity index (χ1v) is 7.19. The first kappa shape index (κ1) is 13.1. The van der Waals surface area contributed by atoms with Crippen molar-refractivity contribution in [1.29, 1.82) is 0 Å². The molecule has 0 amide bonds. The second-order valence-corrected chi connectivity index (χ2v) is 5.77. The maximum Gasteiger partial charge on any atom is 0.307 e. The van der Waals surface area contributed by atoms with E-state index in [1.807, 2.05) is 0 Å². The van der Waals surface area contributed by atoms with E-state index in [1.54, 1.807) is 0 Å². The summed E-state index contributed by atoms with van der Waals surface area (Å²) in [7, 11) is 0. The van der Waals surface area contributed by atoms with E-state index in [0.29, 0.717) is 0 Å². The number of carboxylic acid groups (broad SMARTS) is 1. The highest BCUT2D eigenvalue weighted by Gasteiger charge is 2.20. The van der Waals surface area contributed by atoms with Gasteiger partial charge in [-0.25, -0.2) is 0 Å². The van der Waals surface area contributed by atoms with Crippen LogP contribution in [-0.2, 0) is 24.1 Å². The molecule has 3 heteroatoms. The van der Waals surface area contributed by atoms with Gasteiger partial charge in [0, 0.05) is 11.1 Å². The SMILES string of the molecule is Cc1cc(C)c2c(CC(=O)O)c3c(nc2c1)CCCC3. The Morgan fingerprint density at radius 1 is 1.25 bits per heavy atom. The molecule has 1 heterocycles. The molecule has 0 saturated carbocycles. The summed E-state index contributed by atoms with van der Waals surface area (Å²) in [5.41, 5.74) is 6.58. The van der Waals surface area contributed by atoms with Crippen LogP contribution in [0.25, 0.3) is 10.9 Å². The average molecular weight is 269 g/mol. The van der Waals surface area contributed by atoms with E-state index in [1.165, 1.54) is 11.1 Å². The van der Waals surface area contributed by atoms with Crippen LogP contribution in [0.4, 0.5) is 0 Å². The van der Waals surface area contributed by atoms with Crippen LogP contribution >= 0.6 is 0 Å². The van der Waals surface area contributed by atoms with Crippen molar-refractivity contribution >= 4 is 16.9 Å². The van der Waals surface area contributed by atoms with E-state index in [0.717, 1.165) is 53.4 Å². The van der Waals surface area contributed by atoms with Crippen LogP contribution in [0.15, 0.2) is 12.1 Å². The van der Waals surface area contributed by atoms with E-state index in [2.05, 4.69) is 26.0 Å². The summed E-state index contributed by atoms with van der Waals surface area (Å²) in [6.07, 6.45) is 4.34. The summed E-state index contributed by atoms with van der Waals surface area (Å²) in [6, 6.07) is 4.19. The number of hydrogen-bond acceptors (Lipinski definition) is 2. The monoisotopic (exact) mass is 269 g/mol. The van der Waals surface area contributed by atoms with Crippen LogP contribution in [-0.4, -0.2) is 16.1 Å². The van der Waals surface area contributed by atoms with Crippen molar-refractivity contribution in [2.24, 2.45) is 0 Å². The molecular weight excluding hydrogens is 250 g/mol. The van der Waals surface area contributed by atoms with Crippen molar-refractivity contribution in [1.82, 2.24) is 4.98 Å². The predicted octanol–water partition coefficient (Wildman–Crippen LogP) is 3.36. The van der Waals surface area contributed by atoms with Gasteiger partial charge in [0.15, 0.2) is 0 Å². The Labute approximate surface area is 118 Å². The van der Waals surface area contributed by atoms with Crippen molar-refractivity contribution in [2.45, 2.75) is 46.0 Å². The normalized spacial score (nSPS) is 14.3. The molecule has 1 aromatic carbocycles. The summed E-state index contributed by atoms with van der Waals surface area (Å²) < 4.78 is 0. The number of hydrogen-bond donors (Lipinski definition) is 1. The zero-order chi connectivity index (χ0) is 14.3. The molecular formula is C17H19NO2. The Kier molecular flexibility index (Phi) is 3.20. The Balaban J connectivity index is 2.36. The fourth-order valence-corrected chi connectivity index (χ4v) is 3.41. The van der Waals surface area contributed by atoms with Gasteiger partial charge in [-0.1, -0.05) is 6.07 Å². The lowest BCUT2D eigenvalue weighted by molar-refractivity contribution is -0.136. The van der Waals surface area contributed by atoms with Crippen LogP contribution in [0.3, 0.4) is 0 Å². The number of nitrogens with zero attached hydrogens (tertiary/aromatic N) is 1. The van der Waals surface area contributed by atoms with E-state index in [-0.39, 0.29) is 6.42 Å². The largest absolute Gasteiger partial charge is 0.481 e. The van der Waals surface area contributed by atoms with Gasteiger partial charge in [0.25, 0.3) is 0 Å². The molecule has 104 valence electrons. The van der Waals surface area contributed by atoms with E-state index >= 15 is 0 Å². The molecule has 0 fully saturated rings. The zero-order valence-corrected chi connectivity index (χ0v) is 12.0. The van der Waals surface area contributed by atoms with E-state index < -0.39 is 5.97 Å². The minimum atomic E-state index is -0.759. The third kappa shape index (κ3) is 2.17. The number of carbonyl (C=O) groups is 1. The van der Waals surface area contributed by atoms with Gasteiger partial charge in [-0.3, -0.25) is 9.78 Å². The first-order chi connectivity index (χ1) is 9.56. The number of aliphatic carboxylic acids is 1. The number of carboxylic acids is 1. The topological polar surface area (TPSA) is 50.2 Å². The highest BCUT2D eigenvalue weighted by Crippen LogP contribution is 2.32. The molecule has 0 unspecified atom stereocenters. The van der Waals surface area contributed by atoms with Crippen LogP contribution in [0.1, 0.15) is 40.8 Å². The van der Waals surface area contributed by atoms with Gasteiger partial charge in [0.2, 0.25) is 0 Å². The summed E-state index contributed by atoms with van der Waals surface area (Å²) >= 11 is 0. The lowest BCUT2D eigenvalue weighted by Gasteiger charge is -2.21. The van der Waals surface area contributed by atoms with Gasteiger partial charge >= 0.3 is 5.97 Å². The van der Waals surface area contributed by atoms with E-state index in [9.17, 15) is 9.90 Å². The number of benzene rings is 1. The summed E-state index contributed by atoms with van der Waals surface area (Å²) in [6.45, 7) is 4.11. The molecule has 0 radical (unpaired) electrons. The van der Waals surface area contributed by atoms with Crippen molar-refractivity contribution in [2.75, 3.05) is 0 Å². The Bertz CT molecular complexity index is 704. The van der Waals surface area contributed by atoms with Crippen LogP contribution in [0, 0.1) is 13.8 Å². The van der Waals surface area contributed by atoms with Crippen molar-refractivity contribution in [3.05, 3.63) is 40.1 Å². The quantitative estimate of drug-likeness (QED) is 0.909. The van der Waals surface area contributed by atoms with Crippen LogP contribution in [0.5, 0.6) is 0 Å². The molecule has 1 aliphatic carbocycles. The zero-order valence-electron chi connectivity index (χ0n) is 12.0. The fourth-order valence-electron chi connectivity index (χ4n) is 3.41. The third-order valence-electron chi connectivity index (χ3n) is 4.15. The molecule has 0 spiro atoms. The molecule has 2 aromatic rings. The van der Waals surface area contributed by atoms with Gasteiger partial charge in [-0.15, -0.1) is 0 Å². The standard InChI is InChI=1S/C17H19NO2/c1-10-7-11(2)17-13(9-16(19)20)12-5-3-4-6-14(12)18-15(17)8-10/h7-8H,3-6,9H2,1-2H3,(H,19,20). The molecule has 0 atom stereocenters. The van der Waals surface area contributed by atoms with E-state index in [4.69, 9.17) is 4.98 Å². The summed E-state index contributed by atoms with van der Waals surface area (Å²) in [5.74, 6) is -0.759. The first-order valence-electron chi connectivity index (χ1n) is 7.19. The average Bonchev–Trinajstić information content (AvgIpc) is 2.37. The van der Waals surface area contributed by atoms with Gasteiger partial charge in [-0.2, -0.15) is 0 Å². The van der Waals surface area contributed by atoms with Gasteiger partial charge in [-0.05, 0) is 67.9 Å². The maximum atomic E-state index is 11.3. The fraction of sp³-hybridized carbons (Fsp3) is 0.412. The molecule has 20 heavy (non-hydrogen) atoms. The van der Waals surface area contributed by atoms with Gasteiger partial charge in [0.05, 0.1) is 11.9 Å². The lowest BCUT2D eigenvalue weighted by atomic mass is 9.87. The number of rotatable bonds is 2. The summed E-state index contributed by atoms with van der Waals surface area (Å²) in [4.78, 5) is 16.1. The van der Waals surface area contributed by atoms with Gasteiger partial charge < -0.3 is 5.11 Å². The number of fused-ring (bicyclic) bond motifs is 2. The van der Waals surface area contributed by atoms with Crippen LogP contribution in [0.2, 0.25) is 0 Å². The number of aryl methyl sites for hydroxylation is 3. The molecule has 0 saturated heterocycles. The number of aromatic nitrogens is 1. The highest BCUT2D eigenvalue weighted by molar-refractivity contribution is 5.90. The van der Waals surface area contributed by atoms with Gasteiger partial charge in [0.1, 0.15) is 0 Å². The molecule has 1 aliphatic rings. The molecule has 1 aromatic heterocycles. The third-order valence-corrected chi connectivity index (χ3v) is 4.15. The molecule has 3 rings (SSSR count). The predicted molar refractivity (Wildman–Crippen MR) is 79.2 cm³/mol. The van der Waals surface area contributed by atoms with Crippen molar-refractivity contribution < 1.29 is 9.90 Å². The maximum absolute atomic E-state index is 11.3. The Hall–Kier alpha value is -1.90. The Morgan fingerprint density at radius 2 is 2.00 bits per heavy atom. The highest BCUT2D eigenvalue weighted by atomic mass is 16.4.